The molecule has 24 heavy (non-hydrogen) atoms. The van der Waals surface area contributed by atoms with Crippen molar-refractivity contribution in [1.82, 2.24) is 9.97 Å². The van der Waals surface area contributed by atoms with Crippen LogP contribution in [0.5, 0.6) is 0 Å². The maximum absolute atomic E-state index is 6.27. The van der Waals surface area contributed by atoms with Crippen molar-refractivity contribution < 1.29 is 4.74 Å². The van der Waals surface area contributed by atoms with Crippen molar-refractivity contribution in [2.75, 3.05) is 23.8 Å². The van der Waals surface area contributed by atoms with E-state index in [1.165, 1.54) is 38.5 Å². The first kappa shape index (κ1) is 19.0. The van der Waals surface area contributed by atoms with E-state index in [0.717, 1.165) is 23.6 Å². The van der Waals surface area contributed by atoms with Crippen LogP contribution in [0.15, 0.2) is 0 Å². The third kappa shape index (κ3) is 4.82. The summed E-state index contributed by atoms with van der Waals surface area (Å²) < 4.78 is 5.59. The largest absolute Gasteiger partial charge is 0.383 e. The van der Waals surface area contributed by atoms with E-state index in [4.69, 9.17) is 15.5 Å². The molecule has 2 atom stereocenters. The van der Waals surface area contributed by atoms with Crippen LogP contribution in [-0.4, -0.2) is 35.3 Å². The Morgan fingerprint density at radius 2 is 1.67 bits per heavy atom. The molecule has 1 saturated heterocycles. The van der Waals surface area contributed by atoms with Gasteiger partial charge in [0.15, 0.2) is 0 Å². The second kappa shape index (κ2) is 9.21. The molecule has 1 aliphatic rings. The Hall–Kier alpha value is -1.36. The molecule has 1 aliphatic heterocycles. The zero-order chi connectivity index (χ0) is 17.5. The number of unbranched alkanes of at least 4 members (excludes halogenated alkanes) is 5. The SMILES string of the molecule is CCCCCCCCc1c(C)nc(N2[C@H](C)COC[C@@H]2C)nc1N. The summed E-state index contributed by atoms with van der Waals surface area (Å²) in [6, 6.07) is 0.550. The average Bonchev–Trinajstić information content (AvgIpc) is 2.52. The lowest BCUT2D eigenvalue weighted by Gasteiger charge is -2.39. The van der Waals surface area contributed by atoms with Crippen LogP contribution in [0, 0.1) is 6.92 Å². The Morgan fingerprint density at radius 3 is 2.29 bits per heavy atom. The molecule has 2 heterocycles. The number of nitrogens with two attached hydrogens (primary N) is 1. The summed E-state index contributed by atoms with van der Waals surface area (Å²) in [4.78, 5) is 11.6. The molecule has 5 nitrogen and oxygen atoms in total. The van der Waals surface area contributed by atoms with E-state index in [2.05, 4.69) is 37.6 Å². The quantitative estimate of drug-likeness (QED) is 0.731. The fourth-order valence-electron chi connectivity index (χ4n) is 3.51. The van der Waals surface area contributed by atoms with Gasteiger partial charge in [-0.25, -0.2) is 4.98 Å². The maximum atomic E-state index is 6.27. The monoisotopic (exact) mass is 334 g/mol. The summed E-state index contributed by atoms with van der Waals surface area (Å²) in [5, 5.41) is 0. The molecule has 1 fully saturated rings. The van der Waals surface area contributed by atoms with Crippen molar-refractivity contribution in [3.05, 3.63) is 11.3 Å². The number of ether oxygens (including phenoxy) is 1. The molecule has 136 valence electrons. The van der Waals surface area contributed by atoms with E-state index in [1.54, 1.807) is 0 Å². The highest BCUT2D eigenvalue weighted by Crippen LogP contribution is 2.25. The van der Waals surface area contributed by atoms with Crippen LogP contribution in [0.2, 0.25) is 0 Å². The van der Waals surface area contributed by atoms with Crippen LogP contribution in [0.3, 0.4) is 0 Å². The summed E-state index contributed by atoms with van der Waals surface area (Å²) in [5.41, 5.74) is 8.43. The van der Waals surface area contributed by atoms with Gasteiger partial charge >= 0.3 is 0 Å². The number of nitrogen functional groups attached to an aromatic ring is 1. The number of morpholine rings is 1. The van der Waals surface area contributed by atoms with E-state index >= 15 is 0 Å². The smallest absolute Gasteiger partial charge is 0.228 e. The lowest BCUT2D eigenvalue weighted by atomic mass is 10.0. The zero-order valence-corrected chi connectivity index (χ0v) is 15.8. The van der Waals surface area contributed by atoms with Crippen molar-refractivity contribution in [2.24, 2.45) is 0 Å². The van der Waals surface area contributed by atoms with Crippen LogP contribution in [0.25, 0.3) is 0 Å². The fraction of sp³-hybridized carbons (Fsp3) is 0.789. The van der Waals surface area contributed by atoms with Gasteiger partial charge < -0.3 is 15.4 Å². The minimum absolute atomic E-state index is 0.275. The lowest BCUT2D eigenvalue weighted by Crippen LogP contribution is -2.50. The Kier molecular flexibility index (Phi) is 7.28. The van der Waals surface area contributed by atoms with E-state index < -0.39 is 0 Å². The van der Waals surface area contributed by atoms with Crippen molar-refractivity contribution in [2.45, 2.75) is 84.7 Å². The van der Waals surface area contributed by atoms with Crippen molar-refractivity contribution in [3.63, 3.8) is 0 Å². The van der Waals surface area contributed by atoms with Crippen molar-refractivity contribution >= 4 is 11.8 Å². The molecule has 0 aliphatic carbocycles. The number of nitrogens with zero attached hydrogens (tertiary/aromatic N) is 3. The Balaban J connectivity index is 2.00. The molecule has 0 aromatic carbocycles. The molecule has 0 amide bonds. The summed E-state index contributed by atoms with van der Waals surface area (Å²) in [5.74, 6) is 1.40. The van der Waals surface area contributed by atoms with E-state index in [9.17, 15) is 0 Å². The number of aromatic nitrogens is 2. The van der Waals surface area contributed by atoms with Gasteiger partial charge in [-0.05, 0) is 33.6 Å². The number of rotatable bonds is 8. The van der Waals surface area contributed by atoms with Gasteiger partial charge in [-0.3, -0.25) is 0 Å². The molecule has 1 aromatic heterocycles. The predicted molar refractivity (Wildman–Crippen MR) is 100 cm³/mol. The molecule has 0 bridgehead atoms. The maximum Gasteiger partial charge on any atom is 0.228 e. The third-order valence-electron chi connectivity index (χ3n) is 4.91. The summed E-state index contributed by atoms with van der Waals surface area (Å²) in [6.45, 7) is 10.0. The van der Waals surface area contributed by atoms with Gasteiger partial charge in [0.2, 0.25) is 5.95 Å². The molecule has 2 rings (SSSR count). The first-order chi connectivity index (χ1) is 11.5. The summed E-state index contributed by atoms with van der Waals surface area (Å²) >= 11 is 0. The van der Waals surface area contributed by atoms with Gasteiger partial charge in [0, 0.05) is 11.3 Å². The van der Waals surface area contributed by atoms with Crippen LogP contribution >= 0.6 is 0 Å². The van der Waals surface area contributed by atoms with Gasteiger partial charge in [-0.1, -0.05) is 39.0 Å². The van der Waals surface area contributed by atoms with Crippen LogP contribution in [0.4, 0.5) is 11.8 Å². The van der Waals surface area contributed by atoms with Crippen LogP contribution in [0.1, 0.15) is 70.6 Å². The predicted octanol–water partition coefficient (Wildman–Crippen LogP) is 3.88. The molecule has 0 saturated carbocycles. The van der Waals surface area contributed by atoms with Gasteiger partial charge in [0.05, 0.1) is 25.3 Å². The van der Waals surface area contributed by atoms with E-state index in [1.807, 2.05) is 0 Å². The first-order valence-corrected chi connectivity index (χ1v) is 9.53. The normalized spacial score (nSPS) is 21.2. The second-order valence-corrected chi connectivity index (χ2v) is 7.13. The van der Waals surface area contributed by atoms with Crippen LogP contribution in [-0.2, 0) is 11.2 Å². The van der Waals surface area contributed by atoms with E-state index in [-0.39, 0.29) is 12.1 Å². The number of aryl methyl sites for hydroxylation is 1. The molecule has 5 heteroatoms. The molecule has 0 radical (unpaired) electrons. The average molecular weight is 335 g/mol. The van der Waals surface area contributed by atoms with Gasteiger partial charge in [-0.2, -0.15) is 4.98 Å². The zero-order valence-electron chi connectivity index (χ0n) is 15.8. The Bertz CT molecular complexity index is 487. The molecular formula is C19H34N4O. The number of hydrogen-bond acceptors (Lipinski definition) is 5. The molecule has 0 spiro atoms. The first-order valence-electron chi connectivity index (χ1n) is 9.53. The standard InChI is InChI=1S/C19H34N4O/c1-5-6-7-8-9-10-11-17-16(4)21-19(22-18(17)20)23-14(2)12-24-13-15(23)3/h14-15H,5-13H2,1-4H3,(H2,20,21,22)/t14-,15+. The molecule has 1 aromatic rings. The summed E-state index contributed by atoms with van der Waals surface area (Å²) in [7, 11) is 0. The summed E-state index contributed by atoms with van der Waals surface area (Å²) in [6.07, 6.45) is 8.70. The third-order valence-corrected chi connectivity index (χ3v) is 4.91. The molecule has 2 N–H and O–H groups in total. The fourth-order valence-corrected chi connectivity index (χ4v) is 3.51. The highest BCUT2D eigenvalue weighted by Gasteiger charge is 2.28. The van der Waals surface area contributed by atoms with Gasteiger partial charge in [-0.15, -0.1) is 0 Å². The van der Waals surface area contributed by atoms with Gasteiger partial charge in [0.1, 0.15) is 5.82 Å². The van der Waals surface area contributed by atoms with Crippen molar-refractivity contribution in [1.29, 1.82) is 0 Å². The van der Waals surface area contributed by atoms with Gasteiger partial charge in [0.25, 0.3) is 0 Å². The highest BCUT2D eigenvalue weighted by atomic mass is 16.5. The van der Waals surface area contributed by atoms with Crippen molar-refractivity contribution in [3.8, 4) is 0 Å². The minimum Gasteiger partial charge on any atom is -0.383 e. The lowest BCUT2D eigenvalue weighted by molar-refractivity contribution is 0.0747. The highest BCUT2D eigenvalue weighted by molar-refractivity contribution is 5.49. The number of hydrogen-bond donors (Lipinski definition) is 1. The second-order valence-electron chi connectivity index (χ2n) is 7.13. The minimum atomic E-state index is 0.275. The van der Waals surface area contributed by atoms with E-state index in [0.29, 0.717) is 19.0 Å². The molecular weight excluding hydrogens is 300 g/mol. The Morgan fingerprint density at radius 1 is 1.04 bits per heavy atom. The topological polar surface area (TPSA) is 64.3 Å². The molecule has 0 unspecified atom stereocenters. The Labute approximate surface area is 147 Å². The van der Waals surface area contributed by atoms with Crippen LogP contribution < -0.4 is 10.6 Å². The number of anilines is 2.